The molecule has 2 aromatic carbocycles. The van der Waals surface area contributed by atoms with Gasteiger partial charge in [-0.05, 0) is 49.4 Å². The molecule has 0 aliphatic carbocycles. The average Bonchev–Trinajstić information content (AvgIpc) is 2.88. The lowest BCUT2D eigenvalue weighted by Gasteiger charge is -2.15. The SMILES string of the molecule is C=CCOc1ccccc1/C=C1\SC(=O)N(c2ccc(C)cc2C)C1=O. The van der Waals surface area contributed by atoms with Crippen LogP contribution < -0.4 is 9.64 Å². The molecule has 0 bridgehead atoms. The smallest absolute Gasteiger partial charge is 0.298 e. The summed E-state index contributed by atoms with van der Waals surface area (Å²) in [7, 11) is 0. The van der Waals surface area contributed by atoms with Crippen LogP contribution in [0.15, 0.2) is 60.0 Å². The highest BCUT2D eigenvalue weighted by Gasteiger charge is 2.37. The molecule has 1 heterocycles. The van der Waals surface area contributed by atoms with Crippen molar-refractivity contribution in [2.75, 3.05) is 11.5 Å². The molecular weight excluding hydrogens is 346 g/mol. The van der Waals surface area contributed by atoms with Gasteiger partial charge in [-0.2, -0.15) is 0 Å². The third-order valence-electron chi connectivity index (χ3n) is 3.95. The molecule has 132 valence electrons. The van der Waals surface area contributed by atoms with Gasteiger partial charge in [0, 0.05) is 5.56 Å². The van der Waals surface area contributed by atoms with Crippen molar-refractivity contribution in [1.29, 1.82) is 0 Å². The maximum Gasteiger partial charge on any atom is 0.298 e. The van der Waals surface area contributed by atoms with E-state index >= 15 is 0 Å². The van der Waals surface area contributed by atoms with Gasteiger partial charge in [0.25, 0.3) is 11.1 Å². The van der Waals surface area contributed by atoms with E-state index in [4.69, 9.17) is 4.74 Å². The van der Waals surface area contributed by atoms with Crippen LogP contribution in [-0.2, 0) is 4.79 Å². The van der Waals surface area contributed by atoms with Crippen molar-refractivity contribution in [2.24, 2.45) is 0 Å². The number of imide groups is 1. The quantitative estimate of drug-likeness (QED) is 0.546. The van der Waals surface area contributed by atoms with Gasteiger partial charge >= 0.3 is 0 Å². The highest BCUT2D eigenvalue weighted by molar-refractivity contribution is 8.19. The van der Waals surface area contributed by atoms with Gasteiger partial charge in [0.1, 0.15) is 12.4 Å². The highest BCUT2D eigenvalue weighted by atomic mass is 32.2. The summed E-state index contributed by atoms with van der Waals surface area (Å²) in [4.78, 5) is 26.9. The predicted molar refractivity (Wildman–Crippen MR) is 107 cm³/mol. The number of thioether (sulfide) groups is 1. The zero-order chi connectivity index (χ0) is 18.7. The topological polar surface area (TPSA) is 46.6 Å². The first-order valence-electron chi connectivity index (χ1n) is 8.19. The maximum absolute atomic E-state index is 12.8. The summed E-state index contributed by atoms with van der Waals surface area (Å²) >= 11 is 0.940. The second-order valence-electron chi connectivity index (χ2n) is 5.94. The second kappa shape index (κ2) is 7.62. The van der Waals surface area contributed by atoms with Crippen molar-refractivity contribution >= 4 is 34.7 Å². The van der Waals surface area contributed by atoms with Gasteiger partial charge < -0.3 is 4.74 Å². The molecule has 0 N–H and O–H groups in total. The summed E-state index contributed by atoms with van der Waals surface area (Å²) in [5.74, 6) is 0.330. The molecule has 1 saturated heterocycles. The van der Waals surface area contributed by atoms with Crippen LogP contribution in [0.5, 0.6) is 5.75 Å². The fraction of sp³-hybridized carbons (Fsp3) is 0.143. The van der Waals surface area contributed by atoms with E-state index in [0.717, 1.165) is 28.5 Å². The first-order chi connectivity index (χ1) is 12.5. The van der Waals surface area contributed by atoms with Gasteiger partial charge in [0.2, 0.25) is 0 Å². The zero-order valence-corrected chi connectivity index (χ0v) is 15.5. The van der Waals surface area contributed by atoms with Crippen LogP contribution in [0.4, 0.5) is 10.5 Å². The lowest BCUT2D eigenvalue weighted by atomic mass is 10.1. The molecule has 1 fully saturated rings. The van der Waals surface area contributed by atoms with Crippen molar-refractivity contribution in [1.82, 2.24) is 0 Å². The Labute approximate surface area is 157 Å². The molecule has 4 nitrogen and oxygen atoms in total. The molecule has 0 saturated carbocycles. The standard InChI is InChI=1S/C21H19NO3S/c1-4-11-25-18-8-6-5-7-16(18)13-19-20(23)22(21(24)26-19)17-10-9-14(2)12-15(17)3/h4-10,12-13H,1,11H2,2-3H3/b19-13-. The Morgan fingerprint density at radius 1 is 1.15 bits per heavy atom. The van der Waals surface area contributed by atoms with E-state index in [0.29, 0.717) is 22.9 Å². The summed E-state index contributed by atoms with van der Waals surface area (Å²) in [5, 5.41) is -0.294. The summed E-state index contributed by atoms with van der Waals surface area (Å²) in [6.45, 7) is 7.88. The molecule has 2 amide bonds. The molecule has 0 atom stereocenters. The van der Waals surface area contributed by atoms with Gasteiger partial charge in [0.15, 0.2) is 0 Å². The zero-order valence-electron chi connectivity index (χ0n) is 14.7. The van der Waals surface area contributed by atoms with E-state index in [1.807, 2.05) is 56.3 Å². The van der Waals surface area contributed by atoms with Crippen LogP contribution in [0.3, 0.4) is 0 Å². The lowest BCUT2D eigenvalue weighted by Crippen LogP contribution is -2.28. The number of hydrogen-bond acceptors (Lipinski definition) is 4. The van der Waals surface area contributed by atoms with Crippen molar-refractivity contribution in [3.05, 3.63) is 76.7 Å². The number of ether oxygens (including phenoxy) is 1. The van der Waals surface area contributed by atoms with Crippen LogP contribution >= 0.6 is 11.8 Å². The minimum Gasteiger partial charge on any atom is -0.489 e. The van der Waals surface area contributed by atoms with Gasteiger partial charge in [-0.15, -0.1) is 0 Å². The highest BCUT2D eigenvalue weighted by Crippen LogP contribution is 2.38. The normalized spacial score (nSPS) is 15.6. The number of rotatable bonds is 5. The molecule has 0 radical (unpaired) electrons. The number of benzene rings is 2. The molecule has 1 aliphatic heterocycles. The number of hydrogen-bond donors (Lipinski definition) is 0. The van der Waals surface area contributed by atoms with E-state index in [-0.39, 0.29) is 11.1 Å². The number of nitrogens with zero attached hydrogens (tertiary/aromatic N) is 1. The van der Waals surface area contributed by atoms with Crippen LogP contribution in [-0.4, -0.2) is 17.8 Å². The van der Waals surface area contributed by atoms with Crippen molar-refractivity contribution in [3.63, 3.8) is 0 Å². The molecule has 0 aromatic heterocycles. The van der Waals surface area contributed by atoms with Gasteiger partial charge in [0.05, 0.1) is 10.6 Å². The number of amides is 2. The number of anilines is 1. The van der Waals surface area contributed by atoms with Crippen molar-refractivity contribution in [2.45, 2.75) is 13.8 Å². The first kappa shape index (κ1) is 18.0. The van der Waals surface area contributed by atoms with Crippen LogP contribution in [0.2, 0.25) is 0 Å². The Morgan fingerprint density at radius 2 is 1.92 bits per heavy atom. The van der Waals surface area contributed by atoms with Crippen molar-refractivity contribution in [3.8, 4) is 5.75 Å². The molecule has 26 heavy (non-hydrogen) atoms. The van der Waals surface area contributed by atoms with E-state index < -0.39 is 0 Å². The van der Waals surface area contributed by atoms with E-state index in [1.54, 1.807) is 12.2 Å². The van der Waals surface area contributed by atoms with E-state index in [9.17, 15) is 9.59 Å². The molecular formula is C21H19NO3S. The number of aryl methyl sites for hydroxylation is 2. The third-order valence-corrected chi connectivity index (χ3v) is 4.82. The average molecular weight is 365 g/mol. The third kappa shape index (κ3) is 3.58. The molecule has 5 heteroatoms. The Balaban J connectivity index is 1.94. The molecule has 0 spiro atoms. The number of para-hydroxylation sites is 1. The van der Waals surface area contributed by atoms with E-state index in [2.05, 4.69) is 6.58 Å². The Hall–Kier alpha value is -2.79. The minimum atomic E-state index is -0.314. The molecule has 1 aliphatic rings. The summed E-state index contributed by atoms with van der Waals surface area (Å²) in [6.07, 6.45) is 3.36. The minimum absolute atomic E-state index is 0.294. The Kier molecular flexibility index (Phi) is 5.28. The summed E-state index contributed by atoms with van der Waals surface area (Å²) in [5.41, 5.74) is 3.35. The van der Waals surface area contributed by atoms with Gasteiger partial charge in [-0.25, -0.2) is 4.90 Å². The number of carbonyl (C=O) groups is 2. The molecule has 3 rings (SSSR count). The molecule has 2 aromatic rings. The van der Waals surface area contributed by atoms with Crippen molar-refractivity contribution < 1.29 is 14.3 Å². The van der Waals surface area contributed by atoms with Gasteiger partial charge in [-0.3, -0.25) is 9.59 Å². The first-order valence-corrected chi connectivity index (χ1v) is 9.01. The van der Waals surface area contributed by atoms with Crippen LogP contribution in [0.1, 0.15) is 16.7 Å². The maximum atomic E-state index is 12.8. The van der Waals surface area contributed by atoms with Gasteiger partial charge in [-0.1, -0.05) is 48.6 Å². The van der Waals surface area contributed by atoms with Crippen LogP contribution in [0.25, 0.3) is 6.08 Å². The monoisotopic (exact) mass is 365 g/mol. The van der Waals surface area contributed by atoms with E-state index in [1.165, 1.54) is 4.90 Å². The number of carbonyl (C=O) groups excluding carboxylic acids is 2. The molecule has 0 unspecified atom stereocenters. The Morgan fingerprint density at radius 3 is 2.65 bits per heavy atom. The van der Waals surface area contributed by atoms with Crippen LogP contribution in [0, 0.1) is 13.8 Å². The summed E-state index contributed by atoms with van der Waals surface area (Å²) in [6, 6.07) is 13.1. The second-order valence-corrected chi connectivity index (χ2v) is 6.94. The Bertz CT molecular complexity index is 917. The fourth-order valence-electron chi connectivity index (χ4n) is 2.75. The summed E-state index contributed by atoms with van der Waals surface area (Å²) < 4.78 is 5.62. The largest absolute Gasteiger partial charge is 0.489 e. The lowest BCUT2D eigenvalue weighted by molar-refractivity contribution is -0.113. The fourth-order valence-corrected chi connectivity index (χ4v) is 3.58. The predicted octanol–water partition coefficient (Wildman–Crippen LogP) is 5.11.